The normalized spacial score (nSPS) is 18.2. The second-order valence-corrected chi connectivity index (χ2v) is 9.25. The molecule has 9 heteroatoms. The van der Waals surface area contributed by atoms with Crippen LogP contribution < -0.4 is 16.4 Å². The molecule has 2 fully saturated rings. The molecule has 2 aliphatic rings. The van der Waals surface area contributed by atoms with E-state index < -0.39 is 11.7 Å². The average Bonchev–Trinajstić information content (AvgIpc) is 3.49. The third kappa shape index (κ3) is 4.48. The number of pyridine rings is 2. The van der Waals surface area contributed by atoms with Gasteiger partial charge in [0.05, 0.1) is 34.9 Å². The molecule has 0 spiro atoms. The third-order valence-electron chi connectivity index (χ3n) is 6.65. The largest absolute Gasteiger partial charge is 0.418 e. The van der Waals surface area contributed by atoms with Gasteiger partial charge in [0.1, 0.15) is 5.82 Å². The molecule has 4 N–H and O–H groups in total. The number of anilines is 3. The first-order valence-corrected chi connectivity index (χ1v) is 11.0. The first-order chi connectivity index (χ1) is 15.1. The van der Waals surface area contributed by atoms with Crippen molar-refractivity contribution in [2.75, 3.05) is 43.7 Å². The van der Waals surface area contributed by atoms with E-state index in [0.29, 0.717) is 30.2 Å². The van der Waals surface area contributed by atoms with Crippen LogP contribution in [0.2, 0.25) is 0 Å². The molecule has 0 unspecified atom stereocenters. The van der Waals surface area contributed by atoms with Gasteiger partial charge in [-0.1, -0.05) is 12.8 Å². The van der Waals surface area contributed by atoms with Crippen molar-refractivity contribution in [3.8, 4) is 11.3 Å². The fourth-order valence-corrected chi connectivity index (χ4v) is 4.92. The maximum Gasteiger partial charge on any atom is 0.418 e. The third-order valence-corrected chi connectivity index (χ3v) is 6.65. The van der Waals surface area contributed by atoms with Gasteiger partial charge in [-0.15, -0.1) is 0 Å². The van der Waals surface area contributed by atoms with Gasteiger partial charge in [0, 0.05) is 43.8 Å². The number of alkyl halides is 3. The molecule has 4 rings (SSSR count). The molecular weight excluding hydrogens is 419 g/mol. The van der Waals surface area contributed by atoms with Crippen molar-refractivity contribution < 1.29 is 17.9 Å². The second-order valence-electron chi connectivity index (χ2n) is 9.25. The molecule has 2 saturated carbocycles. The van der Waals surface area contributed by atoms with Crippen LogP contribution in [0.15, 0.2) is 18.3 Å². The Kier molecular flexibility index (Phi) is 5.96. The van der Waals surface area contributed by atoms with Gasteiger partial charge in [-0.3, -0.25) is 4.98 Å². The number of rotatable bonds is 7. The van der Waals surface area contributed by atoms with Crippen molar-refractivity contribution in [2.45, 2.75) is 50.6 Å². The zero-order chi connectivity index (χ0) is 23.1. The Labute approximate surface area is 186 Å². The molecule has 2 aromatic heterocycles. The summed E-state index contributed by atoms with van der Waals surface area (Å²) in [5.74, 6) is -0.0217. The summed E-state index contributed by atoms with van der Waals surface area (Å²) in [5, 5.41) is 0. The smallest absolute Gasteiger partial charge is 0.394 e. The van der Waals surface area contributed by atoms with Crippen LogP contribution in [0.4, 0.5) is 30.4 Å². The van der Waals surface area contributed by atoms with Crippen LogP contribution in [0.5, 0.6) is 0 Å². The van der Waals surface area contributed by atoms with Crippen molar-refractivity contribution >= 4 is 17.2 Å². The first kappa shape index (κ1) is 22.6. The highest BCUT2D eigenvalue weighted by molar-refractivity contribution is 5.82. The van der Waals surface area contributed by atoms with Gasteiger partial charge in [0.2, 0.25) is 0 Å². The minimum atomic E-state index is -4.48. The van der Waals surface area contributed by atoms with E-state index >= 15 is 0 Å². The van der Waals surface area contributed by atoms with E-state index in [-0.39, 0.29) is 28.4 Å². The molecule has 0 aliphatic heterocycles. The Morgan fingerprint density at radius 3 is 2.47 bits per heavy atom. The summed E-state index contributed by atoms with van der Waals surface area (Å²) < 4.78 is 46.6. The minimum Gasteiger partial charge on any atom is -0.394 e. The van der Waals surface area contributed by atoms with Gasteiger partial charge in [-0.2, -0.15) is 13.2 Å². The molecule has 0 atom stereocenters. The molecule has 174 valence electrons. The van der Waals surface area contributed by atoms with E-state index in [1.807, 2.05) is 11.9 Å². The average molecular weight is 450 g/mol. The van der Waals surface area contributed by atoms with Crippen LogP contribution in [0.25, 0.3) is 11.3 Å². The zero-order valence-corrected chi connectivity index (χ0v) is 18.5. The summed E-state index contributed by atoms with van der Waals surface area (Å²) in [6.07, 6.45) is 2.86. The predicted molar refractivity (Wildman–Crippen MR) is 119 cm³/mol. The van der Waals surface area contributed by atoms with E-state index in [0.717, 1.165) is 44.6 Å². The number of aromatic nitrogens is 2. The SMILES string of the molecule is COCC1(CN(C)c2cc(-c3cnc(C4CC4)c(C(F)(F)F)c3)nc(N)c2N)CCCC1. The zero-order valence-electron chi connectivity index (χ0n) is 18.5. The van der Waals surface area contributed by atoms with E-state index in [1.54, 1.807) is 13.2 Å². The number of nitrogen functional groups attached to an aromatic ring is 2. The highest BCUT2D eigenvalue weighted by Gasteiger charge is 2.40. The lowest BCUT2D eigenvalue weighted by molar-refractivity contribution is -0.138. The summed E-state index contributed by atoms with van der Waals surface area (Å²) in [5.41, 5.74) is 13.3. The lowest BCUT2D eigenvalue weighted by Gasteiger charge is -2.34. The summed E-state index contributed by atoms with van der Waals surface area (Å²) in [6.45, 7) is 1.35. The van der Waals surface area contributed by atoms with Crippen LogP contribution in [-0.2, 0) is 10.9 Å². The highest BCUT2D eigenvalue weighted by Crippen LogP contribution is 2.46. The molecule has 0 amide bonds. The fraction of sp³-hybridized carbons (Fsp3) is 0.565. The summed E-state index contributed by atoms with van der Waals surface area (Å²) >= 11 is 0. The lowest BCUT2D eigenvalue weighted by Crippen LogP contribution is -2.37. The number of hydrogen-bond donors (Lipinski definition) is 2. The number of nitrogens with two attached hydrogens (primary N) is 2. The fourth-order valence-electron chi connectivity index (χ4n) is 4.92. The van der Waals surface area contributed by atoms with Crippen LogP contribution >= 0.6 is 0 Å². The molecule has 0 radical (unpaired) electrons. The van der Waals surface area contributed by atoms with E-state index in [2.05, 4.69) is 9.97 Å². The molecule has 0 aromatic carbocycles. The van der Waals surface area contributed by atoms with E-state index in [4.69, 9.17) is 16.2 Å². The van der Waals surface area contributed by atoms with E-state index in [9.17, 15) is 13.2 Å². The second kappa shape index (κ2) is 8.42. The van der Waals surface area contributed by atoms with Crippen LogP contribution in [0, 0.1) is 5.41 Å². The van der Waals surface area contributed by atoms with Crippen molar-refractivity contribution in [3.63, 3.8) is 0 Å². The Morgan fingerprint density at radius 2 is 1.88 bits per heavy atom. The van der Waals surface area contributed by atoms with Crippen molar-refractivity contribution in [1.82, 2.24) is 9.97 Å². The molecule has 2 aromatic rings. The summed E-state index contributed by atoms with van der Waals surface area (Å²) in [4.78, 5) is 10.5. The van der Waals surface area contributed by atoms with Gasteiger partial charge in [0.15, 0.2) is 0 Å². The number of ether oxygens (including phenoxy) is 1. The Morgan fingerprint density at radius 1 is 1.19 bits per heavy atom. The lowest BCUT2D eigenvalue weighted by atomic mass is 9.86. The maximum atomic E-state index is 13.7. The van der Waals surface area contributed by atoms with Crippen molar-refractivity contribution in [2.24, 2.45) is 5.41 Å². The minimum absolute atomic E-state index is 0.0189. The van der Waals surface area contributed by atoms with Gasteiger partial charge in [-0.25, -0.2) is 4.98 Å². The topological polar surface area (TPSA) is 90.3 Å². The first-order valence-electron chi connectivity index (χ1n) is 11.0. The summed E-state index contributed by atoms with van der Waals surface area (Å²) in [6, 6.07) is 2.83. The van der Waals surface area contributed by atoms with Gasteiger partial charge < -0.3 is 21.1 Å². The van der Waals surface area contributed by atoms with Crippen molar-refractivity contribution in [1.29, 1.82) is 0 Å². The summed E-state index contributed by atoms with van der Waals surface area (Å²) in [7, 11) is 3.62. The molecule has 6 nitrogen and oxygen atoms in total. The number of halogens is 3. The molecule has 0 bridgehead atoms. The van der Waals surface area contributed by atoms with Gasteiger partial charge >= 0.3 is 6.18 Å². The highest BCUT2D eigenvalue weighted by atomic mass is 19.4. The van der Waals surface area contributed by atoms with Crippen LogP contribution in [0.1, 0.15) is 55.7 Å². The number of hydrogen-bond acceptors (Lipinski definition) is 6. The van der Waals surface area contributed by atoms with Crippen LogP contribution in [0.3, 0.4) is 0 Å². The molecule has 2 aliphatic carbocycles. The molecular formula is C23H30F3N5O. The van der Waals surface area contributed by atoms with E-state index in [1.165, 1.54) is 6.20 Å². The van der Waals surface area contributed by atoms with Crippen molar-refractivity contribution in [3.05, 3.63) is 29.6 Å². The van der Waals surface area contributed by atoms with Crippen LogP contribution in [-0.4, -0.2) is 37.3 Å². The molecule has 32 heavy (non-hydrogen) atoms. The standard InChI is InChI=1S/C23H30F3N5O/c1-31(12-22(13-32-2)7-3-4-8-22)18-10-17(30-21(28)19(18)27)15-9-16(23(24,25)26)20(29-11-15)14-5-6-14/h9-11,14H,3-8,12-13,27H2,1-2H3,(H2,28,30). The monoisotopic (exact) mass is 449 g/mol. The van der Waals surface area contributed by atoms with Gasteiger partial charge in [0.25, 0.3) is 0 Å². The Balaban J connectivity index is 1.70. The predicted octanol–water partition coefficient (Wildman–Crippen LogP) is 4.85. The maximum absolute atomic E-state index is 13.7. The molecule has 0 saturated heterocycles. The molecule has 2 heterocycles. The number of methoxy groups -OCH3 is 1. The Hall–Kier alpha value is -2.55. The Bertz CT molecular complexity index is 984. The number of nitrogens with zero attached hydrogens (tertiary/aromatic N) is 3. The van der Waals surface area contributed by atoms with Gasteiger partial charge in [-0.05, 0) is 37.8 Å². The quantitative estimate of drug-likeness (QED) is 0.628.